The van der Waals surface area contributed by atoms with E-state index in [1.807, 2.05) is 19.0 Å². The van der Waals surface area contributed by atoms with E-state index in [1.54, 1.807) is 6.20 Å². The zero-order chi connectivity index (χ0) is 15.4. The summed E-state index contributed by atoms with van der Waals surface area (Å²) in [4.78, 5) is 25.2. The number of amides is 1. The highest BCUT2D eigenvalue weighted by Gasteiger charge is 2.19. The average Bonchev–Trinajstić information content (AvgIpc) is 2.45. The molecule has 1 aliphatic rings. The Morgan fingerprint density at radius 1 is 1.52 bits per heavy atom. The van der Waals surface area contributed by atoms with Gasteiger partial charge in [0.05, 0.1) is 18.4 Å². The number of piperidine rings is 1. The second-order valence-electron chi connectivity index (χ2n) is 5.39. The highest BCUT2D eigenvalue weighted by Crippen LogP contribution is 2.18. The summed E-state index contributed by atoms with van der Waals surface area (Å²) in [6.45, 7) is 1.73. The van der Waals surface area contributed by atoms with Crippen molar-refractivity contribution in [2.75, 3.05) is 32.5 Å². The second-order valence-corrected chi connectivity index (χ2v) is 5.77. The highest BCUT2D eigenvalue weighted by molar-refractivity contribution is 6.32. The van der Waals surface area contributed by atoms with E-state index in [-0.39, 0.29) is 22.5 Å². The number of aromatic nitrogens is 2. The number of carbonyl (C=O) groups is 1. The quantitative estimate of drug-likeness (QED) is 0.809. The molecule has 1 fully saturated rings. The standard InChI is InChI=1S/C13H20ClN5O2/c1-18(2)5-6-19-13(21)12(14)10(8-16-19)17-9-3-4-11(20)15-7-9/h8-9,17H,3-7H2,1-2H3,(H,15,20). The van der Waals surface area contributed by atoms with E-state index < -0.39 is 0 Å². The molecule has 116 valence electrons. The summed E-state index contributed by atoms with van der Waals surface area (Å²) in [5.74, 6) is 0.0522. The van der Waals surface area contributed by atoms with E-state index in [0.717, 1.165) is 0 Å². The lowest BCUT2D eigenvalue weighted by atomic mass is 10.1. The first-order valence-corrected chi connectivity index (χ1v) is 7.28. The van der Waals surface area contributed by atoms with E-state index in [1.165, 1.54) is 4.68 Å². The van der Waals surface area contributed by atoms with Crippen LogP contribution in [0.5, 0.6) is 0 Å². The fraction of sp³-hybridized carbons (Fsp3) is 0.615. The fourth-order valence-corrected chi connectivity index (χ4v) is 2.30. The van der Waals surface area contributed by atoms with Crippen LogP contribution in [-0.2, 0) is 11.3 Å². The minimum Gasteiger partial charge on any atom is -0.378 e. The Bertz CT molecular complexity index is 562. The topological polar surface area (TPSA) is 79.3 Å². The van der Waals surface area contributed by atoms with Crippen molar-refractivity contribution >= 4 is 23.2 Å². The van der Waals surface area contributed by atoms with Gasteiger partial charge >= 0.3 is 0 Å². The predicted molar refractivity (Wildman–Crippen MR) is 81.7 cm³/mol. The van der Waals surface area contributed by atoms with E-state index in [9.17, 15) is 9.59 Å². The zero-order valence-corrected chi connectivity index (χ0v) is 13.0. The summed E-state index contributed by atoms with van der Waals surface area (Å²) in [6.07, 6.45) is 2.75. The van der Waals surface area contributed by atoms with Gasteiger partial charge in [0.2, 0.25) is 5.91 Å². The molecule has 0 bridgehead atoms. The molecule has 2 N–H and O–H groups in total. The van der Waals surface area contributed by atoms with Crippen LogP contribution in [0.25, 0.3) is 0 Å². The lowest BCUT2D eigenvalue weighted by Crippen LogP contribution is -2.42. The van der Waals surface area contributed by atoms with Crippen LogP contribution in [0.4, 0.5) is 5.69 Å². The Morgan fingerprint density at radius 3 is 2.90 bits per heavy atom. The number of rotatable bonds is 5. The Labute approximate surface area is 128 Å². The third kappa shape index (κ3) is 4.18. The molecule has 2 heterocycles. The van der Waals surface area contributed by atoms with E-state index in [4.69, 9.17) is 11.6 Å². The summed E-state index contributed by atoms with van der Waals surface area (Å²) in [5.41, 5.74) is 0.215. The molecule has 7 nitrogen and oxygen atoms in total. The number of likely N-dealkylation sites (N-methyl/N-ethyl adjacent to an activating group) is 1. The van der Waals surface area contributed by atoms with Crippen molar-refractivity contribution < 1.29 is 4.79 Å². The Morgan fingerprint density at radius 2 is 2.29 bits per heavy atom. The lowest BCUT2D eigenvalue weighted by molar-refractivity contribution is -0.122. The number of carbonyl (C=O) groups excluding carboxylic acids is 1. The van der Waals surface area contributed by atoms with Gasteiger partial charge in [-0.1, -0.05) is 11.6 Å². The zero-order valence-electron chi connectivity index (χ0n) is 12.2. The second kappa shape index (κ2) is 6.91. The van der Waals surface area contributed by atoms with E-state index >= 15 is 0 Å². The highest BCUT2D eigenvalue weighted by atomic mass is 35.5. The summed E-state index contributed by atoms with van der Waals surface area (Å²) in [7, 11) is 3.86. The largest absolute Gasteiger partial charge is 0.378 e. The maximum absolute atomic E-state index is 12.1. The average molecular weight is 314 g/mol. The lowest BCUT2D eigenvalue weighted by Gasteiger charge is -2.24. The van der Waals surface area contributed by atoms with Crippen LogP contribution in [-0.4, -0.2) is 53.8 Å². The molecule has 1 aromatic rings. The molecule has 0 saturated carbocycles. The summed E-state index contributed by atoms with van der Waals surface area (Å²) in [6, 6.07) is 0.0685. The van der Waals surface area contributed by atoms with Gasteiger partial charge in [0.1, 0.15) is 5.02 Å². The minimum atomic E-state index is -0.302. The van der Waals surface area contributed by atoms with Gasteiger partial charge < -0.3 is 15.5 Å². The molecule has 1 aliphatic heterocycles. The van der Waals surface area contributed by atoms with Gasteiger partial charge in [-0.25, -0.2) is 4.68 Å². The first-order valence-electron chi connectivity index (χ1n) is 6.91. The molecular weight excluding hydrogens is 294 g/mol. The van der Waals surface area contributed by atoms with Crippen molar-refractivity contribution in [3.63, 3.8) is 0 Å². The van der Waals surface area contributed by atoms with Crippen LogP contribution in [0, 0.1) is 0 Å². The van der Waals surface area contributed by atoms with Crippen LogP contribution in [0.1, 0.15) is 12.8 Å². The maximum atomic E-state index is 12.1. The van der Waals surface area contributed by atoms with Crippen molar-refractivity contribution in [3.05, 3.63) is 21.6 Å². The predicted octanol–water partition coefficient (Wildman–Crippen LogP) is 0.149. The molecule has 1 unspecified atom stereocenters. The smallest absolute Gasteiger partial charge is 0.287 e. The van der Waals surface area contributed by atoms with Crippen molar-refractivity contribution in [2.45, 2.75) is 25.4 Å². The third-order valence-corrected chi connectivity index (χ3v) is 3.73. The Balaban J connectivity index is 2.06. The van der Waals surface area contributed by atoms with Crippen LogP contribution in [0.15, 0.2) is 11.0 Å². The molecule has 1 atom stereocenters. The first kappa shape index (κ1) is 15.8. The monoisotopic (exact) mass is 313 g/mol. The van der Waals surface area contributed by atoms with Crippen LogP contribution in [0.2, 0.25) is 5.02 Å². The molecule has 1 amide bonds. The van der Waals surface area contributed by atoms with Crippen molar-refractivity contribution in [1.82, 2.24) is 20.0 Å². The van der Waals surface area contributed by atoms with Crippen LogP contribution >= 0.6 is 11.6 Å². The molecule has 2 rings (SSSR count). The normalized spacial score (nSPS) is 18.7. The Kier molecular flexibility index (Phi) is 5.19. The summed E-state index contributed by atoms with van der Waals surface area (Å²) < 4.78 is 1.36. The van der Waals surface area contributed by atoms with Crippen LogP contribution in [0.3, 0.4) is 0 Å². The summed E-state index contributed by atoms with van der Waals surface area (Å²) in [5, 5.41) is 10.2. The van der Waals surface area contributed by atoms with Gasteiger partial charge in [0.25, 0.3) is 5.56 Å². The molecule has 0 radical (unpaired) electrons. The summed E-state index contributed by atoms with van der Waals surface area (Å²) >= 11 is 6.12. The number of nitrogens with zero attached hydrogens (tertiary/aromatic N) is 3. The van der Waals surface area contributed by atoms with Gasteiger partial charge in [-0.15, -0.1) is 0 Å². The van der Waals surface area contributed by atoms with Crippen molar-refractivity contribution in [2.24, 2.45) is 0 Å². The van der Waals surface area contributed by atoms with Gasteiger partial charge in [-0.05, 0) is 20.5 Å². The SMILES string of the molecule is CN(C)CCn1ncc(NC2CCC(=O)NC2)c(Cl)c1=O. The van der Waals surface area contributed by atoms with Gasteiger partial charge in [-0.2, -0.15) is 5.10 Å². The molecule has 0 spiro atoms. The number of anilines is 1. The molecule has 1 aromatic heterocycles. The van der Waals surface area contributed by atoms with Crippen molar-refractivity contribution in [1.29, 1.82) is 0 Å². The Hall–Kier alpha value is -1.60. The molecule has 0 aliphatic carbocycles. The molecule has 0 aromatic carbocycles. The third-order valence-electron chi connectivity index (χ3n) is 3.37. The molecule has 8 heteroatoms. The number of hydrogen-bond acceptors (Lipinski definition) is 5. The molecular formula is C13H20ClN5O2. The number of hydrogen-bond donors (Lipinski definition) is 2. The molecule has 1 saturated heterocycles. The van der Waals surface area contributed by atoms with Gasteiger partial charge in [-0.3, -0.25) is 9.59 Å². The first-order chi connectivity index (χ1) is 9.97. The fourth-order valence-electron chi connectivity index (χ4n) is 2.10. The van der Waals surface area contributed by atoms with E-state index in [2.05, 4.69) is 15.7 Å². The number of nitrogens with one attached hydrogen (secondary N) is 2. The maximum Gasteiger partial charge on any atom is 0.287 e. The van der Waals surface area contributed by atoms with Gasteiger partial charge in [0, 0.05) is 25.6 Å². The van der Waals surface area contributed by atoms with Crippen molar-refractivity contribution in [3.8, 4) is 0 Å². The molecule has 21 heavy (non-hydrogen) atoms. The van der Waals surface area contributed by atoms with Gasteiger partial charge in [0.15, 0.2) is 0 Å². The van der Waals surface area contributed by atoms with Crippen LogP contribution < -0.4 is 16.2 Å². The minimum absolute atomic E-state index is 0.0522. The number of halogens is 1. The van der Waals surface area contributed by atoms with E-state index in [0.29, 0.717) is 38.2 Å².